The summed E-state index contributed by atoms with van der Waals surface area (Å²) in [4.78, 5) is 12.2. The lowest BCUT2D eigenvalue weighted by Gasteiger charge is -2.19. The summed E-state index contributed by atoms with van der Waals surface area (Å²) in [5.74, 6) is -0.536. The number of rotatable bonds is 3. The predicted octanol–water partition coefficient (Wildman–Crippen LogP) is -1.78. The summed E-state index contributed by atoms with van der Waals surface area (Å²) in [6, 6.07) is 0. The van der Waals surface area contributed by atoms with Crippen molar-refractivity contribution in [3.63, 3.8) is 0 Å². The number of likely N-dealkylation sites (tertiary alicyclic amines) is 1. The topological polar surface area (TPSA) is 101 Å². The molecule has 0 radical (unpaired) electrons. The van der Waals surface area contributed by atoms with Crippen LogP contribution in [0.3, 0.4) is 0 Å². The second-order valence-electron chi connectivity index (χ2n) is 2.97. The van der Waals surface area contributed by atoms with E-state index in [1.807, 2.05) is 0 Å². The van der Waals surface area contributed by atoms with Crippen LogP contribution in [0, 0.1) is 0 Å². The van der Waals surface area contributed by atoms with E-state index in [1.165, 1.54) is 0 Å². The summed E-state index contributed by atoms with van der Waals surface area (Å²) in [5, 5.41) is 14.0. The third-order valence-electron chi connectivity index (χ3n) is 1.91. The average molecular weight is 208 g/mol. The van der Waals surface area contributed by atoms with E-state index in [2.05, 4.69) is 0 Å². The summed E-state index contributed by atoms with van der Waals surface area (Å²) in [6.45, 7) is -0.0289. The van der Waals surface area contributed by atoms with E-state index in [-0.39, 0.29) is 24.6 Å². The Balaban J connectivity index is 2.49. The Hall–Kier alpha value is -0.660. The van der Waals surface area contributed by atoms with Crippen LogP contribution in [0.5, 0.6) is 0 Å². The van der Waals surface area contributed by atoms with Crippen molar-refractivity contribution in [3.8, 4) is 0 Å². The molecule has 3 N–H and O–H groups in total. The van der Waals surface area contributed by atoms with Crippen molar-refractivity contribution in [2.45, 2.75) is 19.1 Å². The summed E-state index contributed by atoms with van der Waals surface area (Å²) in [6.07, 6.45) is -0.218. The third-order valence-corrected chi connectivity index (χ3v) is 2.66. The van der Waals surface area contributed by atoms with Gasteiger partial charge in [-0.25, -0.2) is 13.6 Å². The Morgan fingerprint density at radius 1 is 1.62 bits per heavy atom. The number of nitrogens with two attached hydrogens (primary N) is 1. The van der Waals surface area contributed by atoms with Gasteiger partial charge >= 0.3 is 0 Å². The molecule has 0 aromatic carbocycles. The smallest absolute Gasteiger partial charge is 0.224 e. The first-order valence-electron chi connectivity index (χ1n) is 3.88. The molecule has 1 rings (SSSR count). The van der Waals surface area contributed by atoms with Gasteiger partial charge < -0.3 is 10.0 Å². The minimum atomic E-state index is -3.56. The maximum absolute atomic E-state index is 11.0. The zero-order valence-electron chi connectivity index (χ0n) is 7.01. The molecule has 1 fully saturated rings. The van der Waals surface area contributed by atoms with Crippen LogP contribution in [0.2, 0.25) is 0 Å². The molecule has 1 unspecified atom stereocenters. The number of carbonyl (C=O) groups excluding carboxylic acids is 1. The molecular formula is C6H12N2O4S. The summed E-state index contributed by atoms with van der Waals surface area (Å²) >= 11 is 0. The van der Waals surface area contributed by atoms with Crippen LogP contribution in [0.1, 0.15) is 12.8 Å². The lowest BCUT2D eigenvalue weighted by atomic mass is 10.4. The van der Waals surface area contributed by atoms with Crippen molar-refractivity contribution in [1.82, 2.24) is 4.90 Å². The third kappa shape index (κ3) is 2.94. The van der Waals surface area contributed by atoms with E-state index in [9.17, 15) is 18.3 Å². The van der Waals surface area contributed by atoms with Gasteiger partial charge in [-0.05, 0) is 0 Å². The Bertz CT molecular complexity index is 300. The number of hydrogen-bond acceptors (Lipinski definition) is 4. The average Bonchev–Trinajstić information content (AvgIpc) is 2.27. The quantitative estimate of drug-likeness (QED) is 0.572. The van der Waals surface area contributed by atoms with Gasteiger partial charge in [-0.3, -0.25) is 4.79 Å². The minimum Gasteiger partial charge on any atom is -0.374 e. The highest BCUT2D eigenvalue weighted by Crippen LogP contribution is 2.15. The Morgan fingerprint density at radius 2 is 2.23 bits per heavy atom. The number of aliphatic hydroxyl groups excluding tert-OH is 1. The van der Waals surface area contributed by atoms with Gasteiger partial charge in [-0.15, -0.1) is 0 Å². The first kappa shape index (κ1) is 10.4. The molecular weight excluding hydrogens is 196 g/mol. The van der Waals surface area contributed by atoms with Gasteiger partial charge in [0, 0.05) is 19.4 Å². The van der Waals surface area contributed by atoms with E-state index in [0.29, 0.717) is 6.42 Å². The number of primary sulfonamides is 1. The molecule has 76 valence electrons. The lowest BCUT2D eigenvalue weighted by Crippen LogP contribution is -2.37. The molecule has 1 saturated heterocycles. The Morgan fingerprint density at radius 3 is 2.62 bits per heavy atom. The number of aliphatic hydroxyl groups is 1. The molecule has 1 heterocycles. The number of hydrogen-bond donors (Lipinski definition) is 2. The van der Waals surface area contributed by atoms with Crippen molar-refractivity contribution in [2.75, 3.05) is 12.3 Å². The molecule has 1 amide bonds. The highest BCUT2D eigenvalue weighted by molar-refractivity contribution is 7.89. The fourth-order valence-corrected chi connectivity index (χ4v) is 1.67. The van der Waals surface area contributed by atoms with Gasteiger partial charge in [0.05, 0.1) is 5.75 Å². The maximum atomic E-state index is 11.0. The predicted molar refractivity (Wildman–Crippen MR) is 44.9 cm³/mol. The van der Waals surface area contributed by atoms with Crippen molar-refractivity contribution in [1.29, 1.82) is 0 Å². The monoisotopic (exact) mass is 208 g/mol. The number of carbonyl (C=O) groups is 1. The van der Waals surface area contributed by atoms with E-state index in [1.54, 1.807) is 0 Å². The van der Waals surface area contributed by atoms with Gasteiger partial charge in [0.2, 0.25) is 15.9 Å². The highest BCUT2D eigenvalue weighted by Gasteiger charge is 2.29. The summed E-state index contributed by atoms with van der Waals surface area (Å²) in [5.41, 5.74) is 0. The van der Waals surface area contributed by atoms with Crippen LogP contribution in [0.25, 0.3) is 0 Å². The Kier molecular flexibility index (Phi) is 2.89. The van der Waals surface area contributed by atoms with Crippen LogP contribution in [-0.4, -0.2) is 42.9 Å². The summed E-state index contributed by atoms with van der Waals surface area (Å²) in [7, 11) is -3.56. The summed E-state index contributed by atoms with van der Waals surface area (Å²) < 4.78 is 21.1. The molecule has 0 bridgehead atoms. The van der Waals surface area contributed by atoms with Crippen molar-refractivity contribution in [2.24, 2.45) is 5.14 Å². The van der Waals surface area contributed by atoms with Gasteiger partial charge in [0.15, 0.2) is 0 Å². The van der Waals surface area contributed by atoms with E-state index < -0.39 is 16.3 Å². The number of sulfonamides is 1. The standard InChI is InChI=1S/C6H12N2O4S/c7-13(11,12)4-3-8-5(9)1-2-6(8)10/h5,9H,1-4H2,(H2,7,11,12). The molecule has 0 saturated carbocycles. The van der Waals surface area contributed by atoms with Crippen molar-refractivity contribution in [3.05, 3.63) is 0 Å². The normalized spacial score (nSPS) is 24.0. The van der Waals surface area contributed by atoms with Crippen molar-refractivity contribution >= 4 is 15.9 Å². The van der Waals surface area contributed by atoms with Crippen LogP contribution in [0.15, 0.2) is 0 Å². The van der Waals surface area contributed by atoms with Gasteiger partial charge in [0.25, 0.3) is 0 Å². The molecule has 0 aliphatic carbocycles. The van der Waals surface area contributed by atoms with E-state index in [4.69, 9.17) is 5.14 Å². The fourth-order valence-electron chi connectivity index (χ4n) is 1.22. The van der Waals surface area contributed by atoms with Crippen LogP contribution in [-0.2, 0) is 14.8 Å². The minimum absolute atomic E-state index is 0.0289. The molecule has 1 atom stereocenters. The second-order valence-corrected chi connectivity index (χ2v) is 4.71. The zero-order chi connectivity index (χ0) is 10.1. The van der Waals surface area contributed by atoms with Crippen LogP contribution >= 0.6 is 0 Å². The fraction of sp³-hybridized carbons (Fsp3) is 0.833. The van der Waals surface area contributed by atoms with Crippen LogP contribution < -0.4 is 5.14 Å². The Labute approximate surface area is 76.4 Å². The molecule has 1 aliphatic heterocycles. The van der Waals surface area contributed by atoms with Crippen molar-refractivity contribution < 1.29 is 18.3 Å². The maximum Gasteiger partial charge on any atom is 0.224 e. The highest BCUT2D eigenvalue weighted by atomic mass is 32.2. The molecule has 0 aromatic rings. The molecule has 7 heteroatoms. The zero-order valence-corrected chi connectivity index (χ0v) is 7.83. The second kappa shape index (κ2) is 3.60. The first-order valence-corrected chi connectivity index (χ1v) is 5.60. The first-order chi connectivity index (χ1) is 5.90. The molecule has 6 nitrogen and oxygen atoms in total. The number of nitrogens with zero attached hydrogens (tertiary/aromatic N) is 1. The molecule has 0 aromatic heterocycles. The SMILES string of the molecule is NS(=O)(=O)CCN1C(=O)CCC1O. The van der Waals surface area contributed by atoms with Gasteiger partial charge in [0.1, 0.15) is 6.23 Å². The van der Waals surface area contributed by atoms with E-state index in [0.717, 1.165) is 4.90 Å². The largest absolute Gasteiger partial charge is 0.374 e. The van der Waals surface area contributed by atoms with Gasteiger partial charge in [-0.2, -0.15) is 0 Å². The molecule has 13 heavy (non-hydrogen) atoms. The molecule has 0 spiro atoms. The molecule has 1 aliphatic rings. The lowest BCUT2D eigenvalue weighted by molar-refractivity contribution is -0.132. The number of amides is 1. The van der Waals surface area contributed by atoms with Gasteiger partial charge in [-0.1, -0.05) is 0 Å². The van der Waals surface area contributed by atoms with Crippen LogP contribution in [0.4, 0.5) is 0 Å². The van der Waals surface area contributed by atoms with E-state index >= 15 is 0 Å².